The molecule has 2 atom stereocenters. The van der Waals surface area contributed by atoms with Crippen LogP contribution in [0.25, 0.3) is 0 Å². The van der Waals surface area contributed by atoms with Gasteiger partial charge in [0.1, 0.15) is 0 Å². The van der Waals surface area contributed by atoms with Gasteiger partial charge in [-0.2, -0.15) is 0 Å². The van der Waals surface area contributed by atoms with Crippen molar-refractivity contribution < 1.29 is 8.42 Å². The normalized spacial score (nSPS) is 26.1. The van der Waals surface area contributed by atoms with E-state index in [0.717, 1.165) is 0 Å². The monoisotopic (exact) mass is 231 g/mol. The molecule has 76 valence electrons. The van der Waals surface area contributed by atoms with Crippen molar-refractivity contribution in [3.8, 4) is 0 Å². The summed E-state index contributed by atoms with van der Waals surface area (Å²) in [5.74, 6) is 0. The van der Waals surface area contributed by atoms with Gasteiger partial charge in [-0.25, -0.2) is 8.42 Å². The maximum atomic E-state index is 11.8. The lowest BCUT2D eigenvalue weighted by atomic mass is 10.4. The average molecular weight is 232 g/mol. The van der Waals surface area contributed by atoms with Crippen molar-refractivity contribution in [2.45, 2.75) is 22.6 Å². The molecule has 0 aromatic heterocycles. The van der Waals surface area contributed by atoms with Gasteiger partial charge in [0.05, 0.1) is 10.1 Å². The van der Waals surface area contributed by atoms with Gasteiger partial charge in [0, 0.05) is 11.1 Å². The lowest BCUT2D eigenvalue weighted by Crippen LogP contribution is -2.15. The third-order valence-electron chi connectivity index (χ3n) is 2.32. The summed E-state index contributed by atoms with van der Waals surface area (Å²) >= 11 is 5.67. The van der Waals surface area contributed by atoms with E-state index in [1.807, 2.05) is 0 Å². The highest BCUT2D eigenvalue weighted by atomic mass is 35.5. The SMILES string of the molecule is N[C@@H]1C[C@H]1S(=O)(=O)c1ccc(Cl)cc1. The standard InChI is InChI=1S/C9H10ClNO2S/c10-6-1-3-7(4-2-6)14(12,13)9-5-8(9)11/h1-4,8-9H,5,11H2/t8-,9-/m1/s1. The summed E-state index contributed by atoms with van der Waals surface area (Å²) in [7, 11) is -3.22. The fourth-order valence-corrected chi connectivity index (χ4v) is 3.27. The topological polar surface area (TPSA) is 60.2 Å². The Labute approximate surface area is 87.8 Å². The molecule has 1 aromatic rings. The van der Waals surface area contributed by atoms with Crippen LogP contribution in [0.4, 0.5) is 0 Å². The minimum absolute atomic E-state index is 0.198. The quantitative estimate of drug-likeness (QED) is 0.833. The third-order valence-corrected chi connectivity index (χ3v) is 4.84. The van der Waals surface area contributed by atoms with Crippen molar-refractivity contribution in [3.63, 3.8) is 0 Å². The van der Waals surface area contributed by atoms with Crippen LogP contribution in [0.2, 0.25) is 5.02 Å². The lowest BCUT2D eigenvalue weighted by molar-refractivity contribution is 0.594. The van der Waals surface area contributed by atoms with Gasteiger partial charge in [0.2, 0.25) is 0 Å². The van der Waals surface area contributed by atoms with Crippen LogP contribution in [0, 0.1) is 0 Å². The van der Waals surface area contributed by atoms with Crippen molar-refractivity contribution in [2.24, 2.45) is 5.73 Å². The van der Waals surface area contributed by atoms with E-state index in [9.17, 15) is 8.42 Å². The Morgan fingerprint density at radius 2 is 1.79 bits per heavy atom. The summed E-state index contributed by atoms with van der Waals surface area (Å²) in [4.78, 5) is 0.305. The Bertz CT molecular complexity index is 440. The molecule has 0 amide bonds. The molecule has 2 rings (SSSR count). The molecular weight excluding hydrogens is 222 g/mol. The molecule has 14 heavy (non-hydrogen) atoms. The van der Waals surface area contributed by atoms with E-state index in [2.05, 4.69) is 0 Å². The Balaban J connectivity index is 2.35. The number of nitrogens with two attached hydrogens (primary N) is 1. The molecule has 0 bridgehead atoms. The smallest absolute Gasteiger partial charge is 0.182 e. The van der Waals surface area contributed by atoms with Crippen molar-refractivity contribution in [3.05, 3.63) is 29.3 Å². The van der Waals surface area contributed by atoms with Gasteiger partial charge in [-0.3, -0.25) is 0 Å². The van der Waals surface area contributed by atoms with Crippen LogP contribution in [0.1, 0.15) is 6.42 Å². The van der Waals surface area contributed by atoms with Crippen LogP contribution in [0.15, 0.2) is 29.2 Å². The average Bonchev–Trinajstić information content (AvgIpc) is 2.84. The van der Waals surface area contributed by atoms with E-state index in [1.165, 1.54) is 12.1 Å². The van der Waals surface area contributed by atoms with Gasteiger partial charge in [0.25, 0.3) is 0 Å². The van der Waals surface area contributed by atoms with E-state index in [-0.39, 0.29) is 6.04 Å². The zero-order chi connectivity index (χ0) is 10.3. The number of rotatable bonds is 2. The number of hydrogen-bond acceptors (Lipinski definition) is 3. The third kappa shape index (κ3) is 1.65. The van der Waals surface area contributed by atoms with E-state index in [0.29, 0.717) is 16.3 Å². The van der Waals surface area contributed by atoms with E-state index >= 15 is 0 Å². The molecule has 1 aromatic carbocycles. The summed E-state index contributed by atoms with van der Waals surface area (Å²) < 4.78 is 23.6. The van der Waals surface area contributed by atoms with Crippen LogP contribution in [-0.2, 0) is 9.84 Å². The van der Waals surface area contributed by atoms with Gasteiger partial charge in [-0.05, 0) is 30.7 Å². The summed E-state index contributed by atoms with van der Waals surface area (Å²) in [6.07, 6.45) is 0.560. The predicted molar refractivity (Wildman–Crippen MR) is 55.0 cm³/mol. The van der Waals surface area contributed by atoms with Crippen LogP contribution in [0.5, 0.6) is 0 Å². The van der Waals surface area contributed by atoms with Crippen molar-refractivity contribution in [2.75, 3.05) is 0 Å². The molecule has 1 aliphatic carbocycles. The zero-order valence-electron chi connectivity index (χ0n) is 7.35. The van der Waals surface area contributed by atoms with Crippen LogP contribution in [-0.4, -0.2) is 19.7 Å². The van der Waals surface area contributed by atoms with Crippen molar-refractivity contribution >= 4 is 21.4 Å². The van der Waals surface area contributed by atoms with Crippen LogP contribution < -0.4 is 5.73 Å². The second kappa shape index (κ2) is 3.22. The maximum Gasteiger partial charge on any atom is 0.182 e. The number of sulfone groups is 1. The molecule has 2 N–H and O–H groups in total. The molecule has 0 aliphatic heterocycles. The van der Waals surface area contributed by atoms with Gasteiger partial charge in [-0.1, -0.05) is 11.6 Å². The predicted octanol–water partition coefficient (Wildman–Crippen LogP) is 1.21. The molecule has 0 unspecified atom stereocenters. The highest BCUT2D eigenvalue weighted by Gasteiger charge is 2.45. The van der Waals surface area contributed by atoms with Gasteiger partial charge in [-0.15, -0.1) is 0 Å². The molecule has 0 radical (unpaired) electrons. The number of halogens is 1. The fourth-order valence-electron chi connectivity index (χ4n) is 1.35. The van der Waals surface area contributed by atoms with Crippen LogP contribution >= 0.6 is 11.6 Å². The van der Waals surface area contributed by atoms with Crippen molar-refractivity contribution in [1.29, 1.82) is 0 Å². The first-order valence-corrected chi connectivity index (χ1v) is 6.19. The highest BCUT2D eigenvalue weighted by molar-refractivity contribution is 7.92. The Morgan fingerprint density at radius 1 is 1.29 bits per heavy atom. The minimum Gasteiger partial charge on any atom is -0.326 e. The van der Waals surface area contributed by atoms with Crippen LogP contribution in [0.3, 0.4) is 0 Å². The molecule has 5 heteroatoms. The molecule has 3 nitrogen and oxygen atoms in total. The van der Waals surface area contributed by atoms with Gasteiger partial charge in [0.15, 0.2) is 9.84 Å². The molecule has 1 fully saturated rings. The molecular formula is C9H10ClNO2S. The Hall–Kier alpha value is -0.580. The molecule has 0 spiro atoms. The van der Waals surface area contributed by atoms with Gasteiger partial charge >= 0.3 is 0 Å². The molecule has 0 saturated heterocycles. The lowest BCUT2D eigenvalue weighted by Gasteiger charge is -2.02. The molecule has 1 aliphatic rings. The summed E-state index contributed by atoms with van der Waals surface area (Å²) in [5.41, 5.74) is 5.51. The number of hydrogen-bond donors (Lipinski definition) is 1. The van der Waals surface area contributed by atoms with E-state index in [4.69, 9.17) is 17.3 Å². The Morgan fingerprint density at radius 3 is 2.21 bits per heavy atom. The highest BCUT2D eigenvalue weighted by Crippen LogP contribution is 2.32. The first-order chi connectivity index (χ1) is 6.51. The summed E-state index contributed by atoms with van der Waals surface area (Å²) in [5, 5.41) is 0.132. The molecule has 0 heterocycles. The van der Waals surface area contributed by atoms with Gasteiger partial charge < -0.3 is 5.73 Å². The molecule has 1 saturated carbocycles. The fraction of sp³-hybridized carbons (Fsp3) is 0.333. The summed E-state index contributed by atoms with van der Waals surface area (Å²) in [6, 6.07) is 5.98. The summed E-state index contributed by atoms with van der Waals surface area (Å²) in [6.45, 7) is 0. The van der Waals surface area contributed by atoms with E-state index in [1.54, 1.807) is 12.1 Å². The second-order valence-corrected chi connectivity index (χ2v) is 6.04. The maximum absolute atomic E-state index is 11.8. The van der Waals surface area contributed by atoms with E-state index < -0.39 is 15.1 Å². The first kappa shape index (κ1) is 9.96. The number of benzene rings is 1. The minimum atomic E-state index is -3.22. The Kier molecular flexibility index (Phi) is 2.29. The zero-order valence-corrected chi connectivity index (χ0v) is 8.92. The first-order valence-electron chi connectivity index (χ1n) is 4.27. The second-order valence-electron chi connectivity index (χ2n) is 3.44. The largest absolute Gasteiger partial charge is 0.326 e. The van der Waals surface area contributed by atoms with Crippen molar-refractivity contribution in [1.82, 2.24) is 0 Å².